The van der Waals surface area contributed by atoms with E-state index in [0.29, 0.717) is 23.0 Å². The van der Waals surface area contributed by atoms with Crippen molar-refractivity contribution in [3.63, 3.8) is 0 Å². The Labute approximate surface area is 365 Å². The van der Waals surface area contributed by atoms with E-state index in [2.05, 4.69) is 60.4 Å². The van der Waals surface area contributed by atoms with E-state index in [4.69, 9.17) is 0 Å². The topological polar surface area (TPSA) is 40.6 Å². The molecule has 0 fully saturated rings. The van der Waals surface area contributed by atoms with E-state index in [1.54, 1.807) is 22.7 Å². The van der Waals surface area contributed by atoms with Crippen molar-refractivity contribution in [1.29, 1.82) is 0 Å². The maximum atomic E-state index is 14.7. The highest BCUT2D eigenvalue weighted by Crippen LogP contribution is 2.51. The number of hydrogen-bond acceptors (Lipinski definition) is 4. The lowest BCUT2D eigenvalue weighted by Crippen LogP contribution is -2.34. The molecule has 0 aliphatic carbocycles. The van der Waals surface area contributed by atoms with E-state index in [0.717, 1.165) is 34.2 Å². The Balaban J connectivity index is 1.45. The van der Waals surface area contributed by atoms with Crippen LogP contribution >= 0.6 is 22.7 Å². The highest BCUT2D eigenvalue weighted by atomic mass is 32.1. The number of anilines is 2. The molecule has 2 aliphatic rings. The summed E-state index contributed by atoms with van der Waals surface area (Å²) in [5, 5.41) is 4.28. The van der Waals surface area contributed by atoms with Crippen LogP contribution in [0.3, 0.4) is 0 Å². The number of carbonyl (C=O) groups is 2. The van der Waals surface area contributed by atoms with Crippen molar-refractivity contribution in [2.24, 2.45) is 11.8 Å². The smallest absolute Gasteiger partial charge is 0.260 e. The van der Waals surface area contributed by atoms with Crippen LogP contribution in [0, 0.1) is 11.8 Å². The number of hydrogen-bond donors (Lipinski definition) is 0. The van der Waals surface area contributed by atoms with E-state index < -0.39 is 0 Å². The van der Waals surface area contributed by atoms with Crippen LogP contribution < -0.4 is 9.80 Å². The minimum absolute atomic E-state index is 0.0674. The Bertz CT molecular complexity index is 1330. The Morgan fingerprint density at radius 2 is 0.655 bits per heavy atom. The molecule has 0 bridgehead atoms. The zero-order valence-electron chi connectivity index (χ0n) is 38.0. The van der Waals surface area contributed by atoms with Gasteiger partial charge in [-0.3, -0.25) is 9.59 Å². The maximum absolute atomic E-state index is 14.7. The predicted octanol–water partition coefficient (Wildman–Crippen LogP) is 17.2. The molecular weight excluding hydrogens is 749 g/mol. The van der Waals surface area contributed by atoms with Gasteiger partial charge in [0, 0.05) is 13.1 Å². The summed E-state index contributed by atoms with van der Waals surface area (Å²) in [6.07, 6.45) is 41.8. The number of thiophene rings is 2. The Morgan fingerprint density at radius 3 is 0.931 bits per heavy atom. The van der Waals surface area contributed by atoms with Gasteiger partial charge in [-0.1, -0.05) is 207 Å². The van der Waals surface area contributed by atoms with Crippen LogP contribution in [0.2, 0.25) is 0 Å². The zero-order valence-corrected chi connectivity index (χ0v) is 39.7. The van der Waals surface area contributed by atoms with E-state index in [1.165, 1.54) is 205 Å². The second kappa shape index (κ2) is 29.4. The molecule has 2 amide bonds. The number of rotatable bonds is 36. The fourth-order valence-corrected chi connectivity index (χ4v) is 11.5. The van der Waals surface area contributed by atoms with Gasteiger partial charge >= 0.3 is 0 Å². The van der Waals surface area contributed by atoms with Crippen LogP contribution in [0.25, 0.3) is 11.1 Å². The summed E-state index contributed by atoms with van der Waals surface area (Å²) in [6.45, 7) is 10.7. The molecule has 0 N–H and O–H groups in total. The molecule has 0 saturated heterocycles. The van der Waals surface area contributed by atoms with E-state index in [-0.39, 0.29) is 11.8 Å². The van der Waals surface area contributed by atoms with E-state index >= 15 is 0 Å². The van der Waals surface area contributed by atoms with Gasteiger partial charge in [-0.15, -0.1) is 22.7 Å². The summed E-state index contributed by atoms with van der Waals surface area (Å²) >= 11 is 3.30. The molecular formula is C52H86N2O2S2. The quantitative estimate of drug-likeness (QED) is 0.0507. The van der Waals surface area contributed by atoms with Crippen LogP contribution in [0.4, 0.5) is 11.4 Å². The second-order valence-corrected chi connectivity index (χ2v) is 20.1. The van der Waals surface area contributed by atoms with Crippen molar-refractivity contribution in [3.05, 3.63) is 32.6 Å². The number of nitrogens with zero attached hydrogens (tertiary/aromatic N) is 2. The van der Waals surface area contributed by atoms with Crippen LogP contribution in [-0.4, -0.2) is 24.9 Å². The Kier molecular flexibility index (Phi) is 24.7. The molecule has 0 saturated carbocycles. The van der Waals surface area contributed by atoms with Gasteiger partial charge in [-0.05, 0) is 60.4 Å². The van der Waals surface area contributed by atoms with Gasteiger partial charge in [-0.2, -0.15) is 0 Å². The number of amides is 2. The van der Waals surface area contributed by atoms with Gasteiger partial charge in [0.1, 0.15) is 0 Å². The van der Waals surface area contributed by atoms with Gasteiger partial charge in [0.15, 0.2) is 0 Å². The molecule has 2 aliphatic heterocycles. The van der Waals surface area contributed by atoms with Crippen molar-refractivity contribution in [1.82, 2.24) is 0 Å². The lowest BCUT2D eigenvalue weighted by molar-refractivity contribution is -0.114. The fourth-order valence-electron chi connectivity index (χ4n) is 9.62. The first-order chi connectivity index (χ1) is 28.5. The molecule has 4 heterocycles. The summed E-state index contributed by atoms with van der Waals surface area (Å²) < 4.78 is 0. The van der Waals surface area contributed by atoms with E-state index in [1.807, 2.05) is 0 Å². The monoisotopic (exact) mass is 835 g/mol. The Morgan fingerprint density at radius 1 is 0.397 bits per heavy atom. The molecule has 2 aromatic heterocycles. The third-order valence-corrected chi connectivity index (χ3v) is 15.1. The first-order valence-corrected chi connectivity index (χ1v) is 26.8. The Hall–Kier alpha value is -1.92. The molecule has 6 heteroatoms. The van der Waals surface area contributed by atoms with Gasteiger partial charge in [0.25, 0.3) is 11.8 Å². The first-order valence-electron chi connectivity index (χ1n) is 25.1. The minimum atomic E-state index is 0.0674. The van der Waals surface area contributed by atoms with Crippen molar-refractivity contribution in [2.75, 3.05) is 22.9 Å². The lowest BCUT2D eigenvalue weighted by atomic mass is 9.93. The molecule has 4 rings (SSSR count). The van der Waals surface area contributed by atoms with Gasteiger partial charge in [-0.25, -0.2) is 0 Å². The maximum Gasteiger partial charge on any atom is 0.260 e. The van der Waals surface area contributed by atoms with Crippen LogP contribution in [0.1, 0.15) is 243 Å². The van der Waals surface area contributed by atoms with Crippen molar-refractivity contribution in [3.8, 4) is 0 Å². The predicted molar refractivity (Wildman–Crippen MR) is 258 cm³/mol. The number of unbranched alkanes of at least 4 members (excludes halogenated alkanes) is 24. The summed E-state index contributed by atoms with van der Waals surface area (Å²) in [5.74, 6) is 1.13. The third-order valence-electron chi connectivity index (χ3n) is 13.2. The lowest BCUT2D eigenvalue weighted by Gasteiger charge is -2.25. The van der Waals surface area contributed by atoms with Gasteiger partial charge in [0.05, 0.1) is 32.3 Å². The van der Waals surface area contributed by atoms with Crippen LogP contribution in [0.5, 0.6) is 0 Å². The fraction of sp³-hybridized carbons (Fsp3) is 0.769. The summed E-state index contributed by atoms with van der Waals surface area (Å²) in [5.41, 5.74) is 3.45. The first kappa shape index (κ1) is 48.7. The van der Waals surface area contributed by atoms with Gasteiger partial charge < -0.3 is 9.80 Å². The largest absolute Gasteiger partial charge is 0.307 e. The summed E-state index contributed by atoms with van der Waals surface area (Å²) in [7, 11) is 0. The van der Waals surface area contributed by atoms with Crippen molar-refractivity contribution >= 4 is 57.0 Å². The molecule has 2 atom stereocenters. The molecule has 2 aromatic rings. The molecule has 4 nitrogen and oxygen atoms in total. The second-order valence-electron chi connectivity index (χ2n) is 18.2. The van der Waals surface area contributed by atoms with Crippen LogP contribution in [-0.2, 0) is 9.59 Å². The SMILES string of the molecule is CCCCCCCCCCC(CCCCCCCC)CN1C(=O)/C(=C2/C(=O)N(CC(CCCCCCCC)CCCCCCCCCC)c3ccsc32)c2sccc21. The molecule has 58 heavy (non-hydrogen) atoms. The summed E-state index contributed by atoms with van der Waals surface area (Å²) in [6, 6.07) is 4.30. The van der Waals surface area contributed by atoms with E-state index in [9.17, 15) is 9.59 Å². The third kappa shape index (κ3) is 15.8. The molecule has 0 spiro atoms. The minimum Gasteiger partial charge on any atom is -0.307 e. The highest BCUT2D eigenvalue weighted by Gasteiger charge is 2.44. The molecule has 328 valence electrons. The number of carbonyl (C=O) groups excluding carboxylic acids is 2. The van der Waals surface area contributed by atoms with Gasteiger partial charge in [0.2, 0.25) is 0 Å². The standard InChI is InChI=1S/C52H86N2O2S2/c1-5-9-13-17-21-23-27-31-35-43(33-29-25-19-15-11-7-3)41-53-45-37-39-57-49(45)47(51(53)55)48-50-46(38-40-58-50)54(52(48)56)42-44(34-30-26-20-16-12-8-4)36-32-28-24-22-18-14-10-6-2/h37-40,43-44H,5-36,41-42H2,1-4H3/b48-47+. The highest BCUT2D eigenvalue weighted by molar-refractivity contribution is 7.14. The average Bonchev–Trinajstić information content (AvgIpc) is 4.00. The molecule has 2 unspecified atom stereocenters. The van der Waals surface area contributed by atoms with Crippen molar-refractivity contribution in [2.45, 2.75) is 233 Å². The molecule has 0 aromatic carbocycles. The molecule has 0 radical (unpaired) electrons. The van der Waals surface area contributed by atoms with Crippen molar-refractivity contribution < 1.29 is 9.59 Å². The normalized spacial score (nSPS) is 16.2. The zero-order chi connectivity index (χ0) is 41.2. The average molecular weight is 835 g/mol. The van der Waals surface area contributed by atoms with Crippen LogP contribution in [0.15, 0.2) is 22.9 Å². The summed E-state index contributed by atoms with van der Waals surface area (Å²) in [4.78, 5) is 35.7. The number of fused-ring (bicyclic) bond motifs is 2.